The summed E-state index contributed by atoms with van der Waals surface area (Å²) in [6, 6.07) is 3.39. The zero-order valence-electron chi connectivity index (χ0n) is 9.21. The Kier molecular flexibility index (Phi) is 3.13. The lowest BCUT2D eigenvalue weighted by Gasteiger charge is -2.10. The normalized spacial score (nSPS) is 11.6. The highest BCUT2D eigenvalue weighted by atomic mass is 19.4. The minimum atomic E-state index is -4.65. The number of alkyl halides is 3. The molecule has 2 aromatic rings. The molecule has 2 rings (SSSR count). The second kappa shape index (κ2) is 4.49. The van der Waals surface area contributed by atoms with E-state index in [4.69, 9.17) is 0 Å². The van der Waals surface area contributed by atoms with Crippen molar-refractivity contribution in [1.29, 1.82) is 0 Å². The van der Waals surface area contributed by atoms with E-state index in [1.165, 1.54) is 0 Å². The third-order valence-corrected chi connectivity index (χ3v) is 2.36. The molecule has 100 valence electrons. The van der Waals surface area contributed by atoms with Gasteiger partial charge in [0.15, 0.2) is 0 Å². The first-order chi connectivity index (χ1) is 8.77. The highest BCUT2D eigenvalue weighted by Crippen LogP contribution is 2.28. The van der Waals surface area contributed by atoms with Crippen molar-refractivity contribution in [3.63, 3.8) is 0 Å². The van der Waals surface area contributed by atoms with E-state index in [1.54, 1.807) is 0 Å². The first-order valence-corrected chi connectivity index (χ1v) is 5.04. The molecule has 0 radical (unpaired) electrons. The molecule has 0 amide bonds. The molecule has 0 spiro atoms. The molecule has 7 heteroatoms. The SMILES string of the molecule is O=c1ccc(C(F)(F)F)cn1-c1cc(F)cc(F)c1. The van der Waals surface area contributed by atoms with Gasteiger partial charge < -0.3 is 0 Å². The summed E-state index contributed by atoms with van der Waals surface area (Å²) >= 11 is 0. The molecule has 1 aromatic heterocycles. The fourth-order valence-corrected chi connectivity index (χ4v) is 1.53. The van der Waals surface area contributed by atoms with Crippen LogP contribution in [0.5, 0.6) is 0 Å². The zero-order chi connectivity index (χ0) is 14.2. The van der Waals surface area contributed by atoms with Crippen molar-refractivity contribution in [3.05, 3.63) is 64.1 Å². The van der Waals surface area contributed by atoms with Gasteiger partial charge in [-0.2, -0.15) is 13.2 Å². The number of hydrogen-bond acceptors (Lipinski definition) is 1. The fourth-order valence-electron chi connectivity index (χ4n) is 1.53. The average molecular weight is 275 g/mol. The Morgan fingerprint density at radius 2 is 1.53 bits per heavy atom. The highest BCUT2D eigenvalue weighted by molar-refractivity contribution is 5.34. The predicted molar refractivity (Wildman–Crippen MR) is 57.0 cm³/mol. The smallest absolute Gasteiger partial charge is 0.284 e. The molecule has 0 bridgehead atoms. The van der Waals surface area contributed by atoms with Crippen molar-refractivity contribution in [2.24, 2.45) is 0 Å². The van der Waals surface area contributed by atoms with Crippen LogP contribution < -0.4 is 5.56 Å². The summed E-state index contributed by atoms with van der Waals surface area (Å²) in [6.07, 6.45) is -4.15. The van der Waals surface area contributed by atoms with Crippen LogP contribution in [0, 0.1) is 11.6 Å². The van der Waals surface area contributed by atoms with Gasteiger partial charge in [-0.05, 0) is 18.2 Å². The van der Waals surface area contributed by atoms with Gasteiger partial charge in [-0.25, -0.2) is 8.78 Å². The summed E-state index contributed by atoms with van der Waals surface area (Å²) in [7, 11) is 0. The van der Waals surface area contributed by atoms with Gasteiger partial charge in [0.05, 0.1) is 11.3 Å². The van der Waals surface area contributed by atoms with Crippen molar-refractivity contribution < 1.29 is 22.0 Å². The maximum Gasteiger partial charge on any atom is 0.417 e. The van der Waals surface area contributed by atoms with E-state index in [9.17, 15) is 26.7 Å². The maximum atomic E-state index is 13.0. The summed E-state index contributed by atoms with van der Waals surface area (Å²) in [5.41, 5.74) is -2.22. The lowest BCUT2D eigenvalue weighted by atomic mass is 10.2. The fraction of sp³-hybridized carbons (Fsp3) is 0.0833. The predicted octanol–water partition coefficient (Wildman–Crippen LogP) is 3.13. The van der Waals surface area contributed by atoms with E-state index >= 15 is 0 Å². The van der Waals surface area contributed by atoms with Gasteiger partial charge in [0, 0.05) is 18.3 Å². The Balaban J connectivity index is 2.64. The molecule has 2 nitrogen and oxygen atoms in total. The summed E-state index contributed by atoms with van der Waals surface area (Å²) in [5, 5.41) is 0. The number of halogens is 5. The largest absolute Gasteiger partial charge is 0.417 e. The molecule has 0 unspecified atom stereocenters. The number of pyridine rings is 1. The molecule has 0 fully saturated rings. The Bertz CT molecular complexity index is 654. The quantitative estimate of drug-likeness (QED) is 0.733. The molecule has 0 aliphatic rings. The zero-order valence-corrected chi connectivity index (χ0v) is 9.21. The van der Waals surface area contributed by atoms with E-state index in [-0.39, 0.29) is 5.69 Å². The number of aromatic nitrogens is 1. The first-order valence-electron chi connectivity index (χ1n) is 5.04. The molecule has 1 aromatic carbocycles. The topological polar surface area (TPSA) is 22.0 Å². The highest BCUT2D eigenvalue weighted by Gasteiger charge is 2.31. The van der Waals surface area contributed by atoms with Gasteiger partial charge in [-0.3, -0.25) is 9.36 Å². The van der Waals surface area contributed by atoms with Crippen LogP contribution in [0.2, 0.25) is 0 Å². The van der Waals surface area contributed by atoms with E-state index in [1.807, 2.05) is 0 Å². The Hall–Kier alpha value is -2.18. The number of benzene rings is 1. The van der Waals surface area contributed by atoms with Crippen LogP contribution in [0.15, 0.2) is 41.3 Å². The average Bonchev–Trinajstić information content (AvgIpc) is 2.26. The molecular formula is C12H6F5NO. The second-order valence-electron chi connectivity index (χ2n) is 3.75. The van der Waals surface area contributed by atoms with Crippen LogP contribution in [0.4, 0.5) is 22.0 Å². The lowest BCUT2D eigenvalue weighted by molar-refractivity contribution is -0.138. The Labute approximate surface area is 103 Å². The van der Waals surface area contributed by atoms with Gasteiger partial charge >= 0.3 is 6.18 Å². The van der Waals surface area contributed by atoms with Gasteiger partial charge in [0.2, 0.25) is 0 Å². The maximum absolute atomic E-state index is 13.0. The van der Waals surface area contributed by atoms with Crippen LogP contribution in [0.3, 0.4) is 0 Å². The Morgan fingerprint density at radius 3 is 2.05 bits per heavy atom. The van der Waals surface area contributed by atoms with Crippen LogP contribution in [-0.4, -0.2) is 4.57 Å². The molecule has 19 heavy (non-hydrogen) atoms. The van der Waals surface area contributed by atoms with Gasteiger partial charge in [0.1, 0.15) is 11.6 Å². The monoisotopic (exact) mass is 275 g/mol. The molecule has 1 heterocycles. The molecule has 0 atom stereocenters. The van der Waals surface area contributed by atoms with Crippen molar-refractivity contribution in [1.82, 2.24) is 4.57 Å². The molecule has 0 saturated heterocycles. The van der Waals surface area contributed by atoms with Crippen LogP contribution in [0.1, 0.15) is 5.56 Å². The number of nitrogens with zero attached hydrogens (tertiary/aromatic N) is 1. The minimum Gasteiger partial charge on any atom is -0.284 e. The molecule has 0 aliphatic carbocycles. The molecule has 0 N–H and O–H groups in total. The van der Waals surface area contributed by atoms with E-state index < -0.39 is 28.9 Å². The van der Waals surface area contributed by atoms with Crippen molar-refractivity contribution in [3.8, 4) is 5.69 Å². The van der Waals surface area contributed by atoms with E-state index in [2.05, 4.69) is 0 Å². The van der Waals surface area contributed by atoms with Gasteiger partial charge in [-0.15, -0.1) is 0 Å². The van der Waals surface area contributed by atoms with Crippen LogP contribution in [0.25, 0.3) is 5.69 Å². The number of hydrogen-bond donors (Lipinski definition) is 0. The third kappa shape index (κ3) is 2.81. The molecular weight excluding hydrogens is 269 g/mol. The van der Waals surface area contributed by atoms with E-state index in [0.29, 0.717) is 29.0 Å². The first kappa shape index (κ1) is 13.3. The second-order valence-corrected chi connectivity index (χ2v) is 3.75. The summed E-state index contributed by atoms with van der Waals surface area (Å²) < 4.78 is 64.1. The summed E-state index contributed by atoms with van der Waals surface area (Å²) in [5.74, 6) is -1.97. The van der Waals surface area contributed by atoms with Gasteiger partial charge in [-0.1, -0.05) is 0 Å². The summed E-state index contributed by atoms with van der Waals surface area (Å²) in [6.45, 7) is 0. The van der Waals surface area contributed by atoms with E-state index in [0.717, 1.165) is 12.1 Å². The molecule has 0 aliphatic heterocycles. The number of rotatable bonds is 1. The van der Waals surface area contributed by atoms with Crippen molar-refractivity contribution >= 4 is 0 Å². The van der Waals surface area contributed by atoms with Crippen molar-refractivity contribution in [2.75, 3.05) is 0 Å². The van der Waals surface area contributed by atoms with Crippen molar-refractivity contribution in [2.45, 2.75) is 6.18 Å². The lowest BCUT2D eigenvalue weighted by Crippen LogP contribution is -2.20. The standard InChI is InChI=1S/C12H6F5NO/c13-8-3-9(14)5-10(4-8)18-6-7(12(15,16)17)1-2-11(18)19/h1-6H. The third-order valence-electron chi connectivity index (χ3n) is 2.36. The minimum absolute atomic E-state index is 0.311. The van der Waals surface area contributed by atoms with Crippen LogP contribution in [-0.2, 0) is 6.18 Å². The van der Waals surface area contributed by atoms with Crippen LogP contribution >= 0.6 is 0 Å². The summed E-state index contributed by atoms with van der Waals surface area (Å²) in [4.78, 5) is 11.5. The van der Waals surface area contributed by atoms with Gasteiger partial charge in [0.25, 0.3) is 5.56 Å². The Morgan fingerprint density at radius 1 is 0.947 bits per heavy atom. The molecule has 0 saturated carbocycles.